The number of nitrogens with zero attached hydrogens (tertiary/aromatic N) is 1. The maximum Gasteiger partial charge on any atom is 0.00353 e. The summed E-state index contributed by atoms with van der Waals surface area (Å²) < 4.78 is 0. The predicted molar refractivity (Wildman–Crippen MR) is 52.2 cm³/mol. The second-order valence-corrected chi connectivity index (χ2v) is 5.00. The zero-order chi connectivity index (χ0) is 8.44. The Morgan fingerprint density at radius 1 is 1.00 bits per heavy atom. The van der Waals surface area contributed by atoms with E-state index in [9.17, 15) is 0 Å². The molecule has 0 amide bonds. The van der Waals surface area contributed by atoms with Crippen LogP contribution in [0.1, 0.15) is 45.4 Å². The molecule has 2 aliphatic rings. The molecule has 0 unspecified atom stereocenters. The minimum atomic E-state index is 0.685. The van der Waals surface area contributed by atoms with E-state index in [0.717, 1.165) is 0 Å². The summed E-state index contributed by atoms with van der Waals surface area (Å²) in [6.45, 7) is 6.61. The van der Waals surface area contributed by atoms with Crippen LogP contribution in [0, 0.1) is 5.41 Å². The smallest absolute Gasteiger partial charge is 0.00353 e. The van der Waals surface area contributed by atoms with Crippen LogP contribution in [0.3, 0.4) is 0 Å². The molecule has 2 rings (SSSR count). The Hall–Kier alpha value is -0.0400. The first kappa shape index (κ1) is 8.55. The first-order valence-electron chi connectivity index (χ1n) is 5.51. The van der Waals surface area contributed by atoms with Crippen LogP contribution in [-0.2, 0) is 0 Å². The third-order valence-corrected chi connectivity index (χ3v) is 3.61. The van der Waals surface area contributed by atoms with Crippen molar-refractivity contribution in [1.29, 1.82) is 0 Å². The molecule has 1 saturated heterocycles. The Bertz CT molecular complexity index is 141. The largest absolute Gasteiger partial charge is 0.303 e. The average Bonchev–Trinajstić information content (AvgIpc) is 2.62. The molecule has 1 saturated carbocycles. The minimum Gasteiger partial charge on any atom is -0.303 e. The van der Waals surface area contributed by atoms with Crippen molar-refractivity contribution in [2.45, 2.75) is 45.4 Å². The van der Waals surface area contributed by atoms with Gasteiger partial charge in [-0.25, -0.2) is 0 Å². The zero-order valence-electron chi connectivity index (χ0n) is 8.31. The molecule has 0 aromatic carbocycles. The van der Waals surface area contributed by atoms with Gasteiger partial charge in [0, 0.05) is 6.54 Å². The molecule has 0 aromatic rings. The van der Waals surface area contributed by atoms with Gasteiger partial charge in [-0.05, 0) is 44.2 Å². The lowest BCUT2D eigenvalue weighted by Gasteiger charge is -2.29. The molecule has 1 heterocycles. The Balaban J connectivity index is 1.83. The van der Waals surface area contributed by atoms with Gasteiger partial charge in [-0.15, -0.1) is 0 Å². The first-order valence-corrected chi connectivity index (χ1v) is 5.51. The molecule has 0 N–H and O–H groups in total. The SMILES string of the molecule is CC1(CN2CCCC2)CCCC1. The van der Waals surface area contributed by atoms with Crippen LogP contribution in [0.5, 0.6) is 0 Å². The third kappa shape index (κ3) is 1.82. The molecule has 12 heavy (non-hydrogen) atoms. The van der Waals surface area contributed by atoms with Crippen molar-refractivity contribution in [3.8, 4) is 0 Å². The van der Waals surface area contributed by atoms with Crippen molar-refractivity contribution in [2.24, 2.45) is 5.41 Å². The van der Waals surface area contributed by atoms with Crippen molar-refractivity contribution in [2.75, 3.05) is 19.6 Å². The molecule has 1 aliphatic heterocycles. The highest BCUT2D eigenvalue weighted by molar-refractivity contribution is 4.84. The minimum absolute atomic E-state index is 0.685. The number of hydrogen-bond donors (Lipinski definition) is 0. The summed E-state index contributed by atoms with van der Waals surface area (Å²) in [5.41, 5.74) is 0.685. The molecular weight excluding hydrogens is 146 g/mol. The Morgan fingerprint density at radius 2 is 1.58 bits per heavy atom. The standard InChI is InChI=1S/C11H21N/c1-11(6-2-3-7-11)10-12-8-4-5-9-12/h2-10H2,1H3. The van der Waals surface area contributed by atoms with Crippen LogP contribution in [0.2, 0.25) is 0 Å². The summed E-state index contributed by atoms with van der Waals surface area (Å²) in [6, 6.07) is 0. The molecular formula is C11H21N. The third-order valence-electron chi connectivity index (χ3n) is 3.61. The average molecular weight is 167 g/mol. The first-order chi connectivity index (χ1) is 5.79. The maximum absolute atomic E-state index is 2.67. The number of likely N-dealkylation sites (tertiary alicyclic amines) is 1. The molecule has 0 spiro atoms. The summed E-state index contributed by atoms with van der Waals surface area (Å²) in [5.74, 6) is 0. The van der Waals surface area contributed by atoms with Crippen LogP contribution in [0.4, 0.5) is 0 Å². The fourth-order valence-corrected chi connectivity index (χ4v) is 2.87. The summed E-state index contributed by atoms with van der Waals surface area (Å²) in [7, 11) is 0. The quantitative estimate of drug-likeness (QED) is 0.611. The number of hydrogen-bond acceptors (Lipinski definition) is 1. The van der Waals surface area contributed by atoms with Gasteiger partial charge in [-0.3, -0.25) is 0 Å². The van der Waals surface area contributed by atoms with E-state index in [1.54, 1.807) is 0 Å². The molecule has 1 heteroatoms. The Morgan fingerprint density at radius 3 is 2.17 bits per heavy atom. The van der Waals surface area contributed by atoms with Crippen LogP contribution >= 0.6 is 0 Å². The lowest BCUT2D eigenvalue weighted by molar-refractivity contribution is 0.196. The van der Waals surface area contributed by atoms with E-state index in [0.29, 0.717) is 5.41 Å². The zero-order valence-corrected chi connectivity index (χ0v) is 8.31. The summed E-state index contributed by atoms with van der Waals surface area (Å²) >= 11 is 0. The van der Waals surface area contributed by atoms with E-state index in [1.807, 2.05) is 0 Å². The van der Waals surface area contributed by atoms with Crippen LogP contribution in [-0.4, -0.2) is 24.5 Å². The van der Waals surface area contributed by atoms with Crippen molar-refractivity contribution in [3.63, 3.8) is 0 Å². The normalized spacial score (nSPS) is 29.8. The van der Waals surface area contributed by atoms with Gasteiger partial charge in [-0.2, -0.15) is 0 Å². The predicted octanol–water partition coefficient (Wildman–Crippen LogP) is 2.66. The van der Waals surface area contributed by atoms with Crippen LogP contribution in [0.15, 0.2) is 0 Å². The van der Waals surface area contributed by atoms with E-state index in [4.69, 9.17) is 0 Å². The molecule has 0 bridgehead atoms. The molecule has 1 aliphatic carbocycles. The van der Waals surface area contributed by atoms with Crippen molar-refractivity contribution in [3.05, 3.63) is 0 Å². The highest BCUT2D eigenvalue weighted by atomic mass is 15.1. The van der Waals surface area contributed by atoms with E-state index >= 15 is 0 Å². The fourth-order valence-electron chi connectivity index (χ4n) is 2.87. The monoisotopic (exact) mass is 167 g/mol. The van der Waals surface area contributed by atoms with Gasteiger partial charge in [0.15, 0.2) is 0 Å². The highest BCUT2D eigenvalue weighted by Gasteiger charge is 2.31. The molecule has 1 nitrogen and oxygen atoms in total. The van der Waals surface area contributed by atoms with Crippen LogP contribution in [0.25, 0.3) is 0 Å². The van der Waals surface area contributed by atoms with Crippen molar-refractivity contribution in [1.82, 2.24) is 4.90 Å². The fraction of sp³-hybridized carbons (Fsp3) is 1.00. The number of rotatable bonds is 2. The molecule has 0 aromatic heterocycles. The van der Waals surface area contributed by atoms with Gasteiger partial charge in [0.05, 0.1) is 0 Å². The van der Waals surface area contributed by atoms with Gasteiger partial charge < -0.3 is 4.90 Å². The van der Waals surface area contributed by atoms with E-state index in [1.165, 1.54) is 58.2 Å². The Kier molecular flexibility index (Phi) is 2.40. The second kappa shape index (κ2) is 3.37. The topological polar surface area (TPSA) is 3.24 Å². The van der Waals surface area contributed by atoms with E-state index in [2.05, 4.69) is 11.8 Å². The van der Waals surface area contributed by atoms with Crippen molar-refractivity contribution >= 4 is 0 Å². The summed E-state index contributed by atoms with van der Waals surface area (Å²) in [4.78, 5) is 2.67. The van der Waals surface area contributed by atoms with Gasteiger partial charge in [0.1, 0.15) is 0 Å². The summed E-state index contributed by atoms with van der Waals surface area (Å²) in [6.07, 6.45) is 8.79. The van der Waals surface area contributed by atoms with Crippen LogP contribution < -0.4 is 0 Å². The van der Waals surface area contributed by atoms with E-state index in [-0.39, 0.29) is 0 Å². The summed E-state index contributed by atoms with van der Waals surface area (Å²) in [5, 5.41) is 0. The maximum atomic E-state index is 2.67. The highest BCUT2D eigenvalue weighted by Crippen LogP contribution is 2.38. The van der Waals surface area contributed by atoms with Crippen molar-refractivity contribution < 1.29 is 0 Å². The Labute approximate surface area is 76.1 Å². The van der Waals surface area contributed by atoms with Gasteiger partial charge in [0.2, 0.25) is 0 Å². The lowest BCUT2D eigenvalue weighted by Crippen LogP contribution is -2.32. The van der Waals surface area contributed by atoms with E-state index < -0.39 is 0 Å². The van der Waals surface area contributed by atoms with Gasteiger partial charge in [-0.1, -0.05) is 19.8 Å². The second-order valence-electron chi connectivity index (χ2n) is 5.00. The molecule has 0 atom stereocenters. The van der Waals surface area contributed by atoms with Gasteiger partial charge >= 0.3 is 0 Å². The molecule has 2 fully saturated rings. The molecule has 70 valence electrons. The van der Waals surface area contributed by atoms with Gasteiger partial charge in [0.25, 0.3) is 0 Å². The molecule has 0 radical (unpaired) electrons. The lowest BCUT2D eigenvalue weighted by atomic mass is 9.88.